The molecule has 1 saturated heterocycles. The molecule has 1 atom stereocenters. The van der Waals surface area contributed by atoms with Crippen LogP contribution in [0.5, 0.6) is 11.5 Å². The third kappa shape index (κ3) is 2.44. The first-order valence-electron chi connectivity index (χ1n) is 6.17. The molecule has 0 aliphatic carbocycles. The highest BCUT2D eigenvalue weighted by Gasteiger charge is 2.34. The van der Waals surface area contributed by atoms with Gasteiger partial charge in [0.25, 0.3) is 0 Å². The molecule has 18 heavy (non-hydrogen) atoms. The highest BCUT2D eigenvalue weighted by molar-refractivity contribution is 5.44. The van der Waals surface area contributed by atoms with Crippen molar-refractivity contribution in [3.05, 3.63) is 23.8 Å². The van der Waals surface area contributed by atoms with Gasteiger partial charge in [-0.05, 0) is 31.5 Å². The molecule has 1 heterocycles. The fourth-order valence-electron chi connectivity index (χ4n) is 2.38. The minimum absolute atomic E-state index is 0.0195. The first kappa shape index (κ1) is 13.2. The summed E-state index contributed by atoms with van der Waals surface area (Å²) in [5.74, 6) is 1.47. The van der Waals surface area contributed by atoms with Gasteiger partial charge >= 0.3 is 0 Å². The van der Waals surface area contributed by atoms with Gasteiger partial charge in [0, 0.05) is 12.1 Å². The van der Waals surface area contributed by atoms with E-state index in [0.717, 1.165) is 30.2 Å². The fourth-order valence-corrected chi connectivity index (χ4v) is 2.38. The lowest BCUT2D eigenvalue weighted by Gasteiger charge is -2.39. The van der Waals surface area contributed by atoms with Gasteiger partial charge in [-0.15, -0.1) is 0 Å². The largest absolute Gasteiger partial charge is 0.493 e. The molecule has 0 amide bonds. The molecule has 1 aliphatic rings. The summed E-state index contributed by atoms with van der Waals surface area (Å²) in [6.45, 7) is 5.90. The molecule has 4 heteroatoms. The van der Waals surface area contributed by atoms with E-state index in [2.05, 4.69) is 19.2 Å². The third-order valence-corrected chi connectivity index (χ3v) is 3.33. The predicted molar refractivity (Wildman–Crippen MR) is 70.3 cm³/mol. The standard InChI is InChI=1S/C14H21NO3/c1-14(2)13(18-8-7-15-14)10-5-6-11(16-3)12(9-10)17-4/h5-6,9,13,15H,7-8H2,1-4H3. The highest BCUT2D eigenvalue weighted by atomic mass is 16.5. The SMILES string of the molecule is COc1ccc(C2OCCNC2(C)C)cc1OC. The molecule has 0 saturated carbocycles. The molecule has 1 N–H and O–H groups in total. The van der Waals surface area contributed by atoms with E-state index in [0.29, 0.717) is 0 Å². The van der Waals surface area contributed by atoms with Gasteiger partial charge in [-0.25, -0.2) is 0 Å². The quantitative estimate of drug-likeness (QED) is 0.893. The van der Waals surface area contributed by atoms with Gasteiger partial charge in [0.05, 0.1) is 20.8 Å². The van der Waals surface area contributed by atoms with Crippen molar-refractivity contribution in [2.75, 3.05) is 27.4 Å². The summed E-state index contributed by atoms with van der Waals surface area (Å²) in [5, 5.41) is 3.48. The lowest BCUT2D eigenvalue weighted by molar-refractivity contribution is -0.0389. The van der Waals surface area contributed by atoms with Crippen molar-refractivity contribution >= 4 is 0 Å². The van der Waals surface area contributed by atoms with Crippen molar-refractivity contribution in [1.29, 1.82) is 0 Å². The van der Waals surface area contributed by atoms with Crippen molar-refractivity contribution in [3.63, 3.8) is 0 Å². The van der Waals surface area contributed by atoms with Crippen molar-refractivity contribution in [1.82, 2.24) is 5.32 Å². The zero-order chi connectivity index (χ0) is 13.2. The van der Waals surface area contributed by atoms with Crippen LogP contribution in [-0.2, 0) is 4.74 Å². The fraction of sp³-hybridized carbons (Fsp3) is 0.571. The summed E-state index contributed by atoms with van der Waals surface area (Å²) in [4.78, 5) is 0. The Hall–Kier alpha value is -1.26. The summed E-state index contributed by atoms with van der Waals surface area (Å²) in [6, 6.07) is 5.93. The monoisotopic (exact) mass is 251 g/mol. The molecule has 1 aromatic carbocycles. The Bertz CT molecular complexity index is 418. The lowest BCUT2D eigenvalue weighted by Crippen LogP contribution is -2.51. The number of hydrogen-bond donors (Lipinski definition) is 1. The Kier molecular flexibility index (Phi) is 3.78. The first-order chi connectivity index (χ1) is 8.58. The molecule has 0 bridgehead atoms. The maximum absolute atomic E-state index is 5.89. The average molecular weight is 251 g/mol. The number of morpholine rings is 1. The number of ether oxygens (including phenoxy) is 3. The summed E-state index contributed by atoms with van der Waals surface area (Å²) in [7, 11) is 3.28. The highest BCUT2D eigenvalue weighted by Crippen LogP contribution is 2.36. The molecule has 0 spiro atoms. The van der Waals surface area contributed by atoms with E-state index in [1.807, 2.05) is 18.2 Å². The Morgan fingerprint density at radius 3 is 2.56 bits per heavy atom. The number of rotatable bonds is 3. The van der Waals surface area contributed by atoms with E-state index in [-0.39, 0.29) is 11.6 Å². The average Bonchev–Trinajstić information content (AvgIpc) is 2.37. The molecule has 1 fully saturated rings. The van der Waals surface area contributed by atoms with Gasteiger partial charge in [0.2, 0.25) is 0 Å². The van der Waals surface area contributed by atoms with Crippen molar-refractivity contribution in [3.8, 4) is 11.5 Å². The van der Waals surface area contributed by atoms with Crippen LogP contribution >= 0.6 is 0 Å². The van der Waals surface area contributed by atoms with Crippen LogP contribution in [0.15, 0.2) is 18.2 Å². The molecule has 100 valence electrons. The molecule has 0 radical (unpaired) electrons. The topological polar surface area (TPSA) is 39.7 Å². The van der Waals surface area contributed by atoms with Gasteiger partial charge in [-0.3, -0.25) is 0 Å². The molecule has 2 rings (SSSR count). The van der Waals surface area contributed by atoms with Crippen LogP contribution in [0, 0.1) is 0 Å². The summed E-state index contributed by atoms with van der Waals surface area (Å²) >= 11 is 0. The van der Waals surface area contributed by atoms with Gasteiger partial charge in [-0.1, -0.05) is 6.07 Å². The second-order valence-electron chi connectivity index (χ2n) is 5.01. The van der Waals surface area contributed by atoms with Gasteiger partial charge in [-0.2, -0.15) is 0 Å². The van der Waals surface area contributed by atoms with E-state index >= 15 is 0 Å². The zero-order valence-electron chi connectivity index (χ0n) is 11.4. The molecule has 1 aromatic rings. The number of hydrogen-bond acceptors (Lipinski definition) is 4. The Morgan fingerprint density at radius 2 is 1.94 bits per heavy atom. The van der Waals surface area contributed by atoms with Crippen LogP contribution in [0.25, 0.3) is 0 Å². The van der Waals surface area contributed by atoms with Crippen LogP contribution in [0.1, 0.15) is 25.5 Å². The van der Waals surface area contributed by atoms with Gasteiger partial charge in [0.1, 0.15) is 6.10 Å². The Labute approximate surface area is 108 Å². The second kappa shape index (κ2) is 5.16. The molecule has 4 nitrogen and oxygen atoms in total. The maximum atomic E-state index is 5.89. The van der Waals surface area contributed by atoms with Crippen molar-refractivity contribution in [2.24, 2.45) is 0 Å². The third-order valence-electron chi connectivity index (χ3n) is 3.33. The summed E-state index contributed by atoms with van der Waals surface area (Å²) in [6.07, 6.45) is 0.0195. The smallest absolute Gasteiger partial charge is 0.161 e. The zero-order valence-corrected chi connectivity index (χ0v) is 11.4. The maximum Gasteiger partial charge on any atom is 0.161 e. The summed E-state index contributed by atoms with van der Waals surface area (Å²) < 4.78 is 16.5. The van der Waals surface area contributed by atoms with Crippen LogP contribution in [0.4, 0.5) is 0 Å². The summed E-state index contributed by atoms with van der Waals surface area (Å²) in [5.41, 5.74) is 1.02. The van der Waals surface area contributed by atoms with E-state index in [1.165, 1.54) is 0 Å². The normalized spacial score (nSPS) is 22.6. The number of methoxy groups -OCH3 is 2. The van der Waals surface area contributed by atoms with Gasteiger partial charge in [0.15, 0.2) is 11.5 Å². The molecule has 1 unspecified atom stereocenters. The second-order valence-corrected chi connectivity index (χ2v) is 5.01. The van der Waals surface area contributed by atoms with E-state index in [1.54, 1.807) is 14.2 Å². The Morgan fingerprint density at radius 1 is 1.22 bits per heavy atom. The number of nitrogens with one attached hydrogen (secondary N) is 1. The number of benzene rings is 1. The van der Waals surface area contributed by atoms with E-state index in [9.17, 15) is 0 Å². The van der Waals surface area contributed by atoms with E-state index in [4.69, 9.17) is 14.2 Å². The van der Waals surface area contributed by atoms with E-state index < -0.39 is 0 Å². The predicted octanol–water partition coefficient (Wildman–Crippen LogP) is 2.14. The first-order valence-corrected chi connectivity index (χ1v) is 6.17. The molecular formula is C14H21NO3. The van der Waals surface area contributed by atoms with Crippen LogP contribution in [-0.4, -0.2) is 32.9 Å². The molecule has 0 aromatic heterocycles. The van der Waals surface area contributed by atoms with Crippen LogP contribution in [0.2, 0.25) is 0 Å². The lowest BCUT2D eigenvalue weighted by atomic mass is 9.89. The van der Waals surface area contributed by atoms with Crippen LogP contribution < -0.4 is 14.8 Å². The van der Waals surface area contributed by atoms with Crippen molar-refractivity contribution in [2.45, 2.75) is 25.5 Å². The minimum atomic E-state index is -0.0855. The van der Waals surface area contributed by atoms with Gasteiger partial charge < -0.3 is 19.5 Å². The molecule has 1 aliphatic heterocycles. The Balaban J connectivity index is 2.32. The van der Waals surface area contributed by atoms with Crippen molar-refractivity contribution < 1.29 is 14.2 Å². The minimum Gasteiger partial charge on any atom is -0.493 e. The molecular weight excluding hydrogens is 230 g/mol. The van der Waals surface area contributed by atoms with Crippen LogP contribution in [0.3, 0.4) is 0 Å².